The number of nitrogens with zero attached hydrogens (tertiary/aromatic N) is 1. The van der Waals surface area contributed by atoms with Gasteiger partial charge in [0.15, 0.2) is 0 Å². The van der Waals surface area contributed by atoms with Crippen molar-refractivity contribution in [3.8, 4) is 5.75 Å². The Kier molecular flexibility index (Phi) is 2.86. The number of phenols is 1. The summed E-state index contributed by atoms with van der Waals surface area (Å²) in [4.78, 5) is 9.87. The number of hydrogen-bond acceptors (Lipinski definition) is 3. The summed E-state index contributed by atoms with van der Waals surface area (Å²) in [6, 6.07) is 5.12. The molecule has 0 aliphatic carbocycles. The quantitative estimate of drug-likeness (QED) is 0.579. The fourth-order valence-corrected chi connectivity index (χ4v) is 1.08. The van der Waals surface area contributed by atoms with Crippen LogP contribution in [0.3, 0.4) is 0 Å². The van der Waals surface area contributed by atoms with Gasteiger partial charge in [0.2, 0.25) is 5.70 Å². The number of benzene rings is 1. The summed E-state index contributed by atoms with van der Waals surface area (Å²) >= 11 is 0. The smallest absolute Gasteiger partial charge is 0.243 e. The van der Waals surface area contributed by atoms with Crippen molar-refractivity contribution < 1.29 is 10.0 Å². The maximum Gasteiger partial charge on any atom is 0.243 e. The van der Waals surface area contributed by atoms with Crippen LogP contribution in [0.2, 0.25) is 0 Å². The lowest BCUT2D eigenvalue weighted by molar-refractivity contribution is -0.422. The molecule has 0 fully saturated rings. The van der Waals surface area contributed by atoms with Crippen molar-refractivity contribution in [2.24, 2.45) is 0 Å². The molecule has 4 nitrogen and oxygen atoms in total. The van der Waals surface area contributed by atoms with E-state index in [1.807, 2.05) is 0 Å². The summed E-state index contributed by atoms with van der Waals surface area (Å²) in [7, 11) is 0. The molecule has 4 heteroatoms. The largest absolute Gasteiger partial charge is 0.507 e. The zero-order valence-corrected chi connectivity index (χ0v) is 8.02. The van der Waals surface area contributed by atoms with Gasteiger partial charge >= 0.3 is 0 Å². The predicted octanol–water partition coefficient (Wildman–Crippen LogP) is 2.34. The van der Waals surface area contributed by atoms with Crippen LogP contribution in [0, 0.1) is 17.0 Å². The third-order valence-corrected chi connectivity index (χ3v) is 1.92. The summed E-state index contributed by atoms with van der Waals surface area (Å²) in [6.07, 6.45) is 1.35. The third-order valence-electron chi connectivity index (χ3n) is 1.92. The summed E-state index contributed by atoms with van der Waals surface area (Å²) < 4.78 is 0. The first-order valence-corrected chi connectivity index (χ1v) is 4.13. The Morgan fingerprint density at radius 1 is 1.57 bits per heavy atom. The normalized spacial score (nSPS) is 11.4. The Bertz CT molecular complexity index is 396. The number of hydrogen-bond donors (Lipinski definition) is 1. The van der Waals surface area contributed by atoms with Crippen molar-refractivity contribution in [1.82, 2.24) is 0 Å². The van der Waals surface area contributed by atoms with Gasteiger partial charge in [0.25, 0.3) is 0 Å². The molecule has 0 saturated carbocycles. The van der Waals surface area contributed by atoms with Gasteiger partial charge in [-0.25, -0.2) is 0 Å². The number of aryl methyl sites for hydroxylation is 1. The Balaban J connectivity index is 3.15. The molecule has 0 radical (unpaired) electrons. The standard InChI is InChI=1S/C10H11NO3/c1-7-4-3-5-9(10(7)12)6-8(2)11(13)14/h3-6,12H,1-2H3/b8-6-. The van der Waals surface area contributed by atoms with Crippen molar-refractivity contribution in [2.45, 2.75) is 13.8 Å². The van der Waals surface area contributed by atoms with Crippen molar-refractivity contribution in [1.29, 1.82) is 0 Å². The van der Waals surface area contributed by atoms with Gasteiger partial charge in [-0.05, 0) is 12.5 Å². The molecule has 0 heterocycles. The maximum atomic E-state index is 10.4. The van der Waals surface area contributed by atoms with E-state index in [-0.39, 0.29) is 11.4 Å². The number of rotatable bonds is 2. The first kappa shape index (κ1) is 10.2. The van der Waals surface area contributed by atoms with Crippen LogP contribution in [-0.2, 0) is 0 Å². The third kappa shape index (κ3) is 2.10. The highest BCUT2D eigenvalue weighted by atomic mass is 16.6. The van der Waals surface area contributed by atoms with Gasteiger partial charge in [0.1, 0.15) is 5.75 Å². The van der Waals surface area contributed by atoms with Crippen LogP contribution in [0.4, 0.5) is 0 Å². The molecule has 0 aliphatic rings. The molecule has 0 atom stereocenters. The number of allylic oxidation sites excluding steroid dienone is 1. The topological polar surface area (TPSA) is 63.4 Å². The van der Waals surface area contributed by atoms with Crippen LogP contribution in [-0.4, -0.2) is 10.0 Å². The summed E-state index contributed by atoms with van der Waals surface area (Å²) in [6.45, 7) is 3.13. The zero-order valence-electron chi connectivity index (χ0n) is 8.02. The molecule has 0 saturated heterocycles. The summed E-state index contributed by atoms with van der Waals surface area (Å²) in [5, 5.41) is 19.9. The molecular weight excluding hydrogens is 182 g/mol. The van der Waals surface area contributed by atoms with E-state index in [2.05, 4.69) is 0 Å². The van der Waals surface area contributed by atoms with Crippen LogP contribution in [0.1, 0.15) is 18.1 Å². The van der Waals surface area contributed by atoms with Crippen LogP contribution in [0.5, 0.6) is 5.75 Å². The lowest BCUT2D eigenvalue weighted by Crippen LogP contribution is -1.93. The number of para-hydroxylation sites is 1. The molecule has 0 bridgehead atoms. The highest BCUT2D eigenvalue weighted by Crippen LogP contribution is 2.23. The monoisotopic (exact) mass is 193 g/mol. The average molecular weight is 193 g/mol. The van der Waals surface area contributed by atoms with Crippen molar-refractivity contribution in [2.75, 3.05) is 0 Å². The summed E-state index contributed by atoms with van der Waals surface area (Å²) in [5.41, 5.74) is 1.18. The predicted molar refractivity (Wildman–Crippen MR) is 53.5 cm³/mol. The minimum absolute atomic E-state index is 0.00546. The van der Waals surface area contributed by atoms with Gasteiger partial charge in [-0.2, -0.15) is 0 Å². The average Bonchev–Trinajstić information content (AvgIpc) is 2.12. The lowest BCUT2D eigenvalue weighted by Gasteiger charge is -2.01. The molecule has 0 aromatic heterocycles. The molecule has 0 amide bonds. The minimum Gasteiger partial charge on any atom is -0.507 e. The van der Waals surface area contributed by atoms with Crippen LogP contribution >= 0.6 is 0 Å². The van der Waals surface area contributed by atoms with E-state index < -0.39 is 4.92 Å². The first-order valence-electron chi connectivity index (χ1n) is 4.13. The molecule has 1 rings (SSSR count). The van der Waals surface area contributed by atoms with E-state index in [9.17, 15) is 15.2 Å². The molecule has 0 unspecified atom stereocenters. The zero-order chi connectivity index (χ0) is 10.7. The second-order valence-corrected chi connectivity index (χ2v) is 3.06. The number of nitro groups is 1. The van der Waals surface area contributed by atoms with E-state index in [0.29, 0.717) is 11.1 Å². The Morgan fingerprint density at radius 2 is 2.21 bits per heavy atom. The van der Waals surface area contributed by atoms with Crippen LogP contribution in [0.15, 0.2) is 23.9 Å². The first-order chi connectivity index (χ1) is 6.52. The van der Waals surface area contributed by atoms with E-state index in [1.54, 1.807) is 25.1 Å². The van der Waals surface area contributed by atoms with Gasteiger partial charge in [0, 0.05) is 18.6 Å². The Hall–Kier alpha value is -1.84. The molecule has 1 aromatic rings. The molecule has 1 aromatic carbocycles. The number of aromatic hydroxyl groups is 1. The fourth-order valence-electron chi connectivity index (χ4n) is 1.08. The van der Waals surface area contributed by atoms with Gasteiger partial charge in [-0.3, -0.25) is 10.1 Å². The van der Waals surface area contributed by atoms with Crippen molar-refractivity contribution in [3.63, 3.8) is 0 Å². The number of phenolic OH excluding ortho intramolecular Hbond substituents is 1. The summed E-state index contributed by atoms with van der Waals surface area (Å²) in [5.74, 6) is 0.0914. The van der Waals surface area contributed by atoms with Crippen LogP contribution in [0.25, 0.3) is 6.08 Å². The Morgan fingerprint density at radius 3 is 2.79 bits per heavy atom. The molecule has 0 aliphatic heterocycles. The molecule has 74 valence electrons. The molecule has 0 spiro atoms. The van der Waals surface area contributed by atoms with Gasteiger partial charge in [0.05, 0.1) is 4.92 Å². The van der Waals surface area contributed by atoms with Crippen molar-refractivity contribution in [3.05, 3.63) is 45.1 Å². The minimum atomic E-state index is -0.484. The second kappa shape index (κ2) is 3.91. The van der Waals surface area contributed by atoms with Gasteiger partial charge in [-0.1, -0.05) is 18.2 Å². The highest BCUT2D eigenvalue weighted by molar-refractivity contribution is 5.59. The van der Waals surface area contributed by atoms with E-state index >= 15 is 0 Å². The fraction of sp³-hybridized carbons (Fsp3) is 0.200. The van der Waals surface area contributed by atoms with Gasteiger partial charge < -0.3 is 5.11 Å². The maximum absolute atomic E-state index is 10.4. The lowest BCUT2D eigenvalue weighted by atomic mass is 10.1. The van der Waals surface area contributed by atoms with Crippen molar-refractivity contribution >= 4 is 6.08 Å². The molecule has 1 N–H and O–H groups in total. The van der Waals surface area contributed by atoms with E-state index in [0.717, 1.165) is 0 Å². The van der Waals surface area contributed by atoms with E-state index in [1.165, 1.54) is 13.0 Å². The molecular formula is C10H11NO3. The second-order valence-electron chi connectivity index (χ2n) is 3.06. The highest BCUT2D eigenvalue weighted by Gasteiger charge is 2.06. The molecule has 14 heavy (non-hydrogen) atoms. The SMILES string of the molecule is C/C(=C/c1cccc(C)c1O)[N+](=O)[O-]. The Labute approximate surface area is 81.6 Å². The van der Waals surface area contributed by atoms with Gasteiger partial charge in [-0.15, -0.1) is 0 Å². The van der Waals surface area contributed by atoms with E-state index in [4.69, 9.17) is 0 Å². The van der Waals surface area contributed by atoms with Crippen LogP contribution < -0.4 is 0 Å².